The molecule has 2 aromatic heterocycles. The molecule has 0 fully saturated rings. The van der Waals surface area contributed by atoms with E-state index >= 15 is 0 Å². The van der Waals surface area contributed by atoms with Crippen LogP contribution in [0.4, 0.5) is 0 Å². The van der Waals surface area contributed by atoms with Crippen LogP contribution in [0.5, 0.6) is 0 Å². The molecule has 0 aliphatic rings. The van der Waals surface area contributed by atoms with Crippen molar-refractivity contribution in [1.82, 2.24) is 9.97 Å². The van der Waals surface area contributed by atoms with Crippen molar-refractivity contribution in [3.05, 3.63) is 70.1 Å². The van der Waals surface area contributed by atoms with Crippen LogP contribution in [0, 0.1) is 6.92 Å². The third kappa shape index (κ3) is 3.12. The van der Waals surface area contributed by atoms with Gasteiger partial charge in [0.25, 0.3) is 0 Å². The minimum Gasteiger partial charge on any atom is -0.388 e. The highest BCUT2D eigenvalue weighted by atomic mass is 79.9. The minimum absolute atomic E-state index is 0.528. The van der Waals surface area contributed by atoms with Crippen molar-refractivity contribution in [1.29, 1.82) is 0 Å². The summed E-state index contributed by atoms with van der Waals surface area (Å²) in [6.07, 6.45) is 3.47. The predicted molar refractivity (Wildman–Crippen MR) is 87.1 cm³/mol. The van der Waals surface area contributed by atoms with Gasteiger partial charge in [-0.25, -0.2) is 0 Å². The standard InChI is InChI=1S/C17H15BrN2O/c1-11-6-15(14-4-2-3-5-16(14)20-11)17(21)8-12-7-13(18)10-19-9-12/h2-7,9-10,17,21H,8H2,1H3. The molecule has 2 heterocycles. The molecular formula is C17H15BrN2O. The van der Waals surface area contributed by atoms with Crippen LogP contribution >= 0.6 is 15.9 Å². The van der Waals surface area contributed by atoms with E-state index in [0.29, 0.717) is 6.42 Å². The summed E-state index contributed by atoms with van der Waals surface area (Å²) in [5.41, 5.74) is 3.74. The number of nitrogens with zero attached hydrogens (tertiary/aromatic N) is 2. The molecule has 0 saturated carbocycles. The van der Waals surface area contributed by atoms with Gasteiger partial charge in [0.05, 0.1) is 11.6 Å². The van der Waals surface area contributed by atoms with Crippen LogP contribution < -0.4 is 0 Å². The van der Waals surface area contributed by atoms with Crippen molar-refractivity contribution in [2.45, 2.75) is 19.4 Å². The molecule has 3 nitrogen and oxygen atoms in total. The summed E-state index contributed by atoms with van der Waals surface area (Å²) in [7, 11) is 0. The summed E-state index contributed by atoms with van der Waals surface area (Å²) in [6.45, 7) is 1.95. The van der Waals surface area contributed by atoms with Gasteiger partial charge in [0.15, 0.2) is 0 Å². The van der Waals surface area contributed by atoms with Gasteiger partial charge in [0.2, 0.25) is 0 Å². The largest absolute Gasteiger partial charge is 0.388 e. The van der Waals surface area contributed by atoms with Crippen molar-refractivity contribution in [3.63, 3.8) is 0 Å². The number of aromatic nitrogens is 2. The molecule has 4 heteroatoms. The Balaban J connectivity index is 1.99. The lowest BCUT2D eigenvalue weighted by molar-refractivity contribution is 0.179. The van der Waals surface area contributed by atoms with Gasteiger partial charge in [0, 0.05) is 34.4 Å². The van der Waals surface area contributed by atoms with Gasteiger partial charge in [-0.15, -0.1) is 0 Å². The first-order chi connectivity index (χ1) is 10.1. The van der Waals surface area contributed by atoms with E-state index in [1.54, 1.807) is 12.4 Å². The van der Waals surface area contributed by atoms with E-state index in [9.17, 15) is 5.11 Å². The number of pyridine rings is 2. The Bertz CT molecular complexity index is 789. The molecule has 0 aliphatic heterocycles. The third-order valence-electron chi connectivity index (χ3n) is 3.43. The first kappa shape index (κ1) is 14.2. The molecular weight excluding hydrogens is 328 g/mol. The van der Waals surface area contributed by atoms with Crippen LogP contribution in [0.3, 0.4) is 0 Å². The zero-order chi connectivity index (χ0) is 14.8. The second kappa shape index (κ2) is 5.92. The zero-order valence-electron chi connectivity index (χ0n) is 11.6. The Morgan fingerprint density at radius 3 is 2.81 bits per heavy atom. The van der Waals surface area contributed by atoms with E-state index in [0.717, 1.165) is 32.2 Å². The molecule has 106 valence electrons. The number of benzene rings is 1. The topological polar surface area (TPSA) is 46.0 Å². The molecule has 0 radical (unpaired) electrons. The van der Waals surface area contributed by atoms with Crippen molar-refractivity contribution in [3.8, 4) is 0 Å². The van der Waals surface area contributed by atoms with E-state index in [1.165, 1.54) is 0 Å². The van der Waals surface area contributed by atoms with Crippen molar-refractivity contribution in [2.75, 3.05) is 0 Å². The average Bonchev–Trinajstić information content (AvgIpc) is 2.46. The van der Waals surface area contributed by atoms with Gasteiger partial charge in [-0.3, -0.25) is 9.97 Å². The number of aliphatic hydroxyl groups excluding tert-OH is 1. The zero-order valence-corrected chi connectivity index (χ0v) is 13.2. The average molecular weight is 343 g/mol. The lowest BCUT2D eigenvalue weighted by atomic mass is 9.98. The molecule has 0 aliphatic carbocycles. The van der Waals surface area contributed by atoms with Gasteiger partial charge < -0.3 is 5.11 Å². The Morgan fingerprint density at radius 2 is 2.00 bits per heavy atom. The predicted octanol–water partition coefficient (Wildman–Crippen LogP) is 3.98. The number of hydrogen-bond donors (Lipinski definition) is 1. The molecule has 0 amide bonds. The molecule has 0 saturated heterocycles. The Hall–Kier alpha value is -1.78. The normalized spacial score (nSPS) is 12.5. The summed E-state index contributed by atoms with van der Waals surface area (Å²) >= 11 is 3.41. The number of hydrogen-bond acceptors (Lipinski definition) is 3. The molecule has 1 atom stereocenters. The maximum Gasteiger partial charge on any atom is 0.0838 e. The number of aliphatic hydroxyl groups is 1. The monoisotopic (exact) mass is 342 g/mol. The second-order valence-corrected chi connectivity index (χ2v) is 6.02. The molecule has 1 N–H and O–H groups in total. The van der Waals surface area contributed by atoms with Gasteiger partial charge in [0.1, 0.15) is 0 Å². The van der Waals surface area contributed by atoms with E-state index < -0.39 is 6.10 Å². The molecule has 3 rings (SSSR count). The SMILES string of the molecule is Cc1cc(C(O)Cc2cncc(Br)c2)c2ccccc2n1. The minimum atomic E-state index is -0.576. The fourth-order valence-corrected chi connectivity index (χ4v) is 2.93. The van der Waals surface area contributed by atoms with E-state index in [4.69, 9.17) is 0 Å². The van der Waals surface area contributed by atoms with Gasteiger partial charge in [-0.1, -0.05) is 18.2 Å². The summed E-state index contributed by atoms with van der Waals surface area (Å²) in [5.74, 6) is 0. The lowest BCUT2D eigenvalue weighted by Gasteiger charge is -2.14. The summed E-state index contributed by atoms with van der Waals surface area (Å²) < 4.78 is 0.919. The van der Waals surface area contributed by atoms with Crippen LogP contribution in [0.2, 0.25) is 0 Å². The van der Waals surface area contributed by atoms with Gasteiger partial charge in [-0.05, 0) is 52.2 Å². The molecule has 21 heavy (non-hydrogen) atoms. The second-order valence-electron chi connectivity index (χ2n) is 5.10. The van der Waals surface area contributed by atoms with Crippen molar-refractivity contribution >= 4 is 26.8 Å². The Kier molecular flexibility index (Phi) is 3.99. The summed E-state index contributed by atoms with van der Waals surface area (Å²) in [4.78, 5) is 8.65. The Morgan fingerprint density at radius 1 is 1.19 bits per heavy atom. The maximum absolute atomic E-state index is 10.6. The van der Waals surface area contributed by atoms with E-state index in [-0.39, 0.29) is 0 Å². The molecule has 0 bridgehead atoms. The summed E-state index contributed by atoms with van der Waals surface area (Å²) in [5, 5.41) is 11.6. The van der Waals surface area contributed by atoms with E-state index in [2.05, 4.69) is 25.9 Å². The number of para-hydroxylation sites is 1. The summed E-state index contributed by atoms with van der Waals surface area (Å²) in [6, 6.07) is 11.8. The van der Waals surface area contributed by atoms with E-state index in [1.807, 2.05) is 43.3 Å². The number of rotatable bonds is 3. The van der Waals surface area contributed by atoms with Crippen molar-refractivity contribution < 1.29 is 5.11 Å². The first-order valence-corrected chi connectivity index (χ1v) is 7.56. The number of halogens is 1. The van der Waals surface area contributed by atoms with Crippen LogP contribution in [0.15, 0.2) is 53.3 Å². The van der Waals surface area contributed by atoms with Crippen LogP contribution in [0.25, 0.3) is 10.9 Å². The number of fused-ring (bicyclic) bond motifs is 1. The molecule has 3 aromatic rings. The first-order valence-electron chi connectivity index (χ1n) is 6.77. The number of aryl methyl sites for hydroxylation is 1. The molecule has 1 unspecified atom stereocenters. The van der Waals surface area contributed by atoms with Crippen LogP contribution in [-0.4, -0.2) is 15.1 Å². The lowest BCUT2D eigenvalue weighted by Crippen LogP contribution is -2.04. The quantitative estimate of drug-likeness (QED) is 0.783. The van der Waals surface area contributed by atoms with Crippen LogP contribution in [-0.2, 0) is 6.42 Å². The fraction of sp³-hybridized carbons (Fsp3) is 0.176. The highest BCUT2D eigenvalue weighted by Gasteiger charge is 2.14. The van der Waals surface area contributed by atoms with Crippen LogP contribution in [0.1, 0.15) is 22.9 Å². The molecule has 1 aromatic carbocycles. The van der Waals surface area contributed by atoms with Crippen molar-refractivity contribution in [2.24, 2.45) is 0 Å². The smallest absolute Gasteiger partial charge is 0.0838 e. The van der Waals surface area contributed by atoms with Gasteiger partial charge >= 0.3 is 0 Å². The highest BCUT2D eigenvalue weighted by molar-refractivity contribution is 9.10. The van der Waals surface area contributed by atoms with Gasteiger partial charge in [-0.2, -0.15) is 0 Å². The molecule has 0 spiro atoms. The Labute approximate surface area is 131 Å². The highest BCUT2D eigenvalue weighted by Crippen LogP contribution is 2.27. The third-order valence-corrected chi connectivity index (χ3v) is 3.86. The maximum atomic E-state index is 10.6. The fourth-order valence-electron chi connectivity index (χ4n) is 2.52.